The van der Waals surface area contributed by atoms with Gasteiger partial charge in [-0.3, -0.25) is 4.79 Å². The third-order valence-corrected chi connectivity index (χ3v) is 6.98. The second-order valence-corrected chi connectivity index (χ2v) is 9.34. The first-order valence-electron chi connectivity index (χ1n) is 9.60. The summed E-state index contributed by atoms with van der Waals surface area (Å²) in [5.74, 6) is -1.38. The number of thiocarbonyl (C=S) groups is 1. The first-order chi connectivity index (χ1) is 15.5. The summed E-state index contributed by atoms with van der Waals surface area (Å²) < 4.78 is 73.6. The Morgan fingerprint density at radius 1 is 1.09 bits per heavy atom. The predicted octanol–water partition coefficient (Wildman–Crippen LogP) is 2.25. The van der Waals surface area contributed by atoms with Crippen molar-refractivity contribution in [1.82, 2.24) is 9.21 Å². The van der Waals surface area contributed by atoms with E-state index in [2.05, 4.69) is 4.74 Å². The zero-order valence-corrected chi connectivity index (χ0v) is 18.7. The number of nitrogens with two attached hydrogens (primary N) is 1. The van der Waals surface area contributed by atoms with Gasteiger partial charge in [0.1, 0.15) is 18.4 Å². The second kappa shape index (κ2) is 9.93. The summed E-state index contributed by atoms with van der Waals surface area (Å²) in [6.45, 7) is -0.198. The summed E-state index contributed by atoms with van der Waals surface area (Å²) in [5.41, 5.74) is 6.37. The number of ether oxygens (including phenoxy) is 2. The topological polar surface area (TPSA) is 102 Å². The molecule has 0 radical (unpaired) electrons. The molecule has 2 aromatic rings. The third kappa shape index (κ3) is 6.33. The van der Waals surface area contributed by atoms with Crippen molar-refractivity contribution in [2.24, 2.45) is 5.73 Å². The van der Waals surface area contributed by atoms with E-state index in [9.17, 15) is 26.4 Å². The lowest BCUT2D eigenvalue weighted by molar-refractivity contribution is -0.274. The summed E-state index contributed by atoms with van der Waals surface area (Å²) in [6.07, 6.45) is -4.91. The van der Waals surface area contributed by atoms with Crippen molar-refractivity contribution < 1.29 is 35.9 Å². The Kier molecular flexibility index (Phi) is 7.44. The van der Waals surface area contributed by atoms with Crippen molar-refractivity contribution in [1.29, 1.82) is 0 Å². The number of rotatable bonds is 6. The highest BCUT2D eigenvalue weighted by Gasteiger charge is 2.41. The van der Waals surface area contributed by atoms with Gasteiger partial charge in [0, 0.05) is 19.6 Å². The van der Waals surface area contributed by atoms with Crippen LogP contribution in [0.4, 0.5) is 13.2 Å². The molecule has 1 unspecified atom stereocenters. The van der Waals surface area contributed by atoms with Crippen molar-refractivity contribution in [3.05, 3.63) is 60.2 Å². The Bertz CT molecular complexity index is 1100. The summed E-state index contributed by atoms with van der Waals surface area (Å²) in [6, 6.07) is 11.3. The van der Waals surface area contributed by atoms with E-state index < -0.39 is 34.1 Å². The van der Waals surface area contributed by atoms with Crippen molar-refractivity contribution in [2.75, 3.05) is 19.6 Å². The fraction of sp³-hybridized carbons (Fsp3) is 0.300. The molecule has 1 aliphatic heterocycles. The number of hydrogen-bond acceptors (Lipinski definition) is 6. The second-order valence-electron chi connectivity index (χ2n) is 7.03. The molecule has 0 saturated carbocycles. The molecule has 1 fully saturated rings. The van der Waals surface area contributed by atoms with Gasteiger partial charge in [-0.25, -0.2) is 8.42 Å². The lowest BCUT2D eigenvalue weighted by atomic mass is 10.2. The van der Waals surface area contributed by atoms with Crippen LogP contribution in [-0.2, 0) is 26.2 Å². The first kappa shape index (κ1) is 24.7. The van der Waals surface area contributed by atoms with E-state index in [1.807, 2.05) is 0 Å². The maximum Gasteiger partial charge on any atom is 0.573 e. The molecule has 1 aliphatic rings. The molecule has 2 aromatic carbocycles. The number of carbonyl (C=O) groups is 1. The van der Waals surface area contributed by atoms with E-state index in [4.69, 9.17) is 22.7 Å². The molecule has 13 heteroatoms. The molecule has 1 atom stereocenters. The number of piperazine rings is 1. The van der Waals surface area contributed by atoms with Crippen molar-refractivity contribution in [3.8, 4) is 5.75 Å². The average molecular weight is 504 g/mol. The minimum atomic E-state index is -4.91. The molecule has 1 saturated heterocycles. The molecule has 0 bridgehead atoms. The number of hydrogen-bond donors (Lipinski definition) is 1. The van der Waals surface area contributed by atoms with Gasteiger partial charge in [0.15, 0.2) is 5.11 Å². The fourth-order valence-corrected chi connectivity index (χ4v) is 4.95. The van der Waals surface area contributed by atoms with Gasteiger partial charge in [0.2, 0.25) is 10.0 Å². The third-order valence-electron chi connectivity index (χ3n) is 4.80. The predicted molar refractivity (Wildman–Crippen MR) is 115 cm³/mol. The Hall–Kier alpha value is -2.90. The summed E-state index contributed by atoms with van der Waals surface area (Å²) in [5, 5.41) is 0.00144. The lowest BCUT2D eigenvalue weighted by Gasteiger charge is -2.39. The molecule has 8 nitrogen and oxygen atoms in total. The van der Waals surface area contributed by atoms with Crippen LogP contribution in [-0.4, -0.2) is 60.7 Å². The lowest BCUT2D eigenvalue weighted by Crippen LogP contribution is -2.60. The molecular formula is C20H20F3N3O5S2. The molecule has 0 aliphatic carbocycles. The Labute approximate surface area is 193 Å². The Balaban J connectivity index is 1.82. The van der Waals surface area contributed by atoms with Gasteiger partial charge >= 0.3 is 12.3 Å². The van der Waals surface area contributed by atoms with Gasteiger partial charge in [-0.1, -0.05) is 30.3 Å². The van der Waals surface area contributed by atoms with Crippen LogP contribution in [0.5, 0.6) is 5.75 Å². The number of carbonyl (C=O) groups excluding carboxylic acids is 1. The molecule has 178 valence electrons. The smallest absolute Gasteiger partial charge is 0.460 e. The number of halogens is 3. The summed E-state index contributed by atoms with van der Waals surface area (Å²) in [7, 11) is -4.26. The van der Waals surface area contributed by atoms with Gasteiger partial charge in [-0.05, 0) is 42.0 Å². The highest BCUT2D eigenvalue weighted by atomic mass is 32.2. The largest absolute Gasteiger partial charge is 0.573 e. The van der Waals surface area contributed by atoms with Crippen LogP contribution in [0.25, 0.3) is 0 Å². The Morgan fingerprint density at radius 2 is 1.73 bits per heavy atom. The van der Waals surface area contributed by atoms with Crippen LogP contribution in [0, 0.1) is 0 Å². The van der Waals surface area contributed by atoms with Crippen molar-refractivity contribution in [2.45, 2.75) is 23.9 Å². The van der Waals surface area contributed by atoms with Gasteiger partial charge in [0.05, 0.1) is 4.90 Å². The average Bonchev–Trinajstić information content (AvgIpc) is 2.77. The van der Waals surface area contributed by atoms with Crippen LogP contribution in [0.2, 0.25) is 0 Å². The van der Waals surface area contributed by atoms with E-state index in [0.717, 1.165) is 28.6 Å². The van der Waals surface area contributed by atoms with Crippen molar-refractivity contribution in [3.63, 3.8) is 0 Å². The highest BCUT2D eigenvalue weighted by molar-refractivity contribution is 7.89. The molecule has 1 heterocycles. The standard InChI is InChI=1S/C20H20F3N3O5S2/c21-20(22,23)31-15-6-8-16(9-7-15)33(28,29)26-11-10-25(19(24)32)12-17(26)18(27)30-13-14-4-2-1-3-5-14/h1-9,17H,10-13H2,(H2,24,32). The summed E-state index contributed by atoms with van der Waals surface area (Å²) >= 11 is 4.96. The zero-order valence-electron chi connectivity index (χ0n) is 17.1. The van der Waals surface area contributed by atoms with Crippen LogP contribution >= 0.6 is 12.2 Å². The van der Waals surface area contributed by atoms with Crippen LogP contribution in [0.1, 0.15) is 5.56 Å². The minimum absolute atomic E-state index is 0.00144. The normalized spacial score (nSPS) is 17.4. The summed E-state index contributed by atoms with van der Waals surface area (Å²) in [4.78, 5) is 14.0. The zero-order chi connectivity index (χ0) is 24.2. The van der Waals surface area contributed by atoms with Gasteiger partial charge in [0.25, 0.3) is 0 Å². The maximum atomic E-state index is 13.2. The van der Waals surface area contributed by atoms with E-state index >= 15 is 0 Å². The quantitative estimate of drug-likeness (QED) is 0.473. The number of benzene rings is 2. The van der Waals surface area contributed by atoms with Gasteiger partial charge in [-0.15, -0.1) is 13.2 Å². The van der Waals surface area contributed by atoms with Gasteiger partial charge < -0.3 is 20.1 Å². The molecule has 0 spiro atoms. The Morgan fingerprint density at radius 3 is 2.30 bits per heavy atom. The molecule has 3 rings (SSSR count). The molecule has 0 amide bonds. The van der Waals surface area contributed by atoms with Crippen LogP contribution < -0.4 is 10.5 Å². The van der Waals surface area contributed by atoms with E-state index in [0.29, 0.717) is 5.56 Å². The number of sulfonamides is 1. The van der Waals surface area contributed by atoms with Crippen LogP contribution in [0.15, 0.2) is 59.5 Å². The van der Waals surface area contributed by atoms with Crippen LogP contribution in [0.3, 0.4) is 0 Å². The molecule has 33 heavy (non-hydrogen) atoms. The van der Waals surface area contributed by atoms with E-state index in [1.54, 1.807) is 30.3 Å². The number of esters is 1. The SMILES string of the molecule is NC(=S)N1CCN(S(=O)(=O)c2ccc(OC(F)(F)F)cc2)C(C(=O)OCc2ccccc2)C1. The molecule has 0 aromatic heterocycles. The first-order valence-corrected chi connectivity index (χ1v) is 11.4. The number of alkyl halides is 3. The fourth-order valence-electron chi connectivity index (χ4n) is 3.22. The maximum absolute atomic E-state index is 13.2. The minimum Gasteiger partial charge on any atom is -0.460 e. The molecular weight excluding hydrogens is 483 g/mol. The number of nitrogens with zero attached hydrogens (tertiary/aromatic N) is 2. The van der Waals surface area contributed by atoms with Gasteiger partial charge in [-0.2, -0.15) is 4.31 Å². The van der Waals surface area contributed by atoms with E-state index in [-0.39, 0.29) is 36.2 Å². The van der Waals surface area contributed by atoms with Crippen molar-refractivity contribution >= 4 is 33.3 Å². The van der Waals surface area contributed by atoms with E-state index in [1.165, 1.54) is 4.90 Å². The monoisotopic (exact) mass is 503 g/mol. The highest BCUT2D eigenvalue weighted by Crippen LogP contribution is 2.27. The molecule has 2 N–H and O–H groups in total.